The van der Waals surface area contributed by atoms with Crippen molar-refractivity contribution in [3.8, 4) is 5.75 Å². The minimum absolute atomic E-state index is 0.0428. The molecular formula is C14H24N2O2. The predicted octanol–water partition coefficient (Wildman–Crippen LogP) is 2.49. The second kappa shape index (κ2) is 7.11. The van der Waals surface area contributed by atoms with Crippen molar-refractivity contribution >= 4 is 11.4 Å². The summed E-state index contributed by atoms with van der Waals surface area (Å²) in [4.78, 5) is 0. The fourth-order valence-corrected chi connectivity index (χ4v) is 1.94. The Morgan fingerprint density at radius 3 is 2.61 bits per heavy atom. The van der Waals surface area contributed by atoms with Gasteiger partial charge in [0.25, 0.3) is 0 Å². The van der Waals surface area contributed by atoms with E-state index >= 15 is 0 Å². The first kappa shape index (κ1) is 14.6. The minimum Gasteiger partial charge on any atom is -0.494 e. The van der Waals surface area contributed by atoms with Crippen LogP contribution in [0.25, 0.3) is 0 Å². The fraction of sp³-hybridized carbons (Fsp3) is 0.571. The Balaban J connectivity index is 2.75. The monoisotopic (exact) mass is 252 g/mol. The number of nitrogens with one attached hydrogen (secondary N) is 1. The molecule has 1 aromatic rings. The van der Waals surface area contributed by atoms with E-state index in [2.05, 4.69) is 19.2 Å². The average molecular weight is 252 g/mol. The molecule has 0 aromatic heterocycles. The highest BCUT2D eigenvalue weighted by Gasteiger charge is 2.10. The maximum atomic E-state index is 9.35. The summed E-state index contributed by atoms with van der Waals surface area (Å²) in [6, 6.07) is 5.60. The summed E-state index contributed by atoms with van der Waals surface area (Å²) in [5.74, 6) is 1.28. The van der Waals surface area contributed by atoms with Crippen molar-refractivity contribution in [3.05, 3.63) is 18.2 Å². The van der Waals surface area contributed by atoms with Crippen LogP contribution in [0, 0.1) is 5.92 Å². The maximum absolute atomic E-state index is 9.35. The third-order valence-corrected chi connectivity index (χ3v) is 2.59. The van der Waals surface area contributed by atoms with Gasteiger partial charge in [0.15, 0.2) is 0 Å². The molecule has 0 radical (unpaired) electrons. The van der Waals surface area contributed by atoms with Crippen LogP contribution >= 0.6 is 0 Å². The van der Waals surface area contributed by atoms with Gasteiger partial charge in [0.2, 0.25) is 0 Å². The SMILES string of the molecule is CCOc1cc(N)cc(NC(CO)CC(C)C)c1. The highest BCUT2D eigenvalue weighted by Crippen LogP contribution is 2.24. The lowest BCUT2D eigenvalue weighted by molar-refractivity contribution is 0.259. The molecule has 1 rings (SSSR count). The molecule has 0 aliphatic heterocycles. The normalized spacial score (nSPS) is 12.5. The molecule has 0 amide bonds. The van der Waals surface area contributed by atoms with Gasteiger partial charge in [-0.3, -0.25) is 0 Å². The Labute approximate surface area is 109 Å². The van der Waals surface area contributed by atoms with Crippen molar-refractivity contribution in [2.45, 2.75) is 33.2 Å². The van der Waals surface area contributed by atoms with Crippen LogP contribution in [-0.2, 0) is 0 Å². The minimum atomic E-state index is 0.0428. The van der Waals surface area contributed by atoms with Crippen LogP contribution in [0.3, 0.4) is 0 Å². The quantitative estimate of drug-likeness (QED) is 0.652. The van der Waals surface area contributed by atoms with Crippen LogP contribution in [0.1, 0.15) is 27.2 Å². The molecule has 102 valence electrons. The molecule has 4 nitrogen and oxygen atoms in total. The van der Waals surface area contributed by atoms with E-state index in [9.17, 15) is 5.11 Å². The zero-order valence-corrected chi connectivity index (χ0v) is 11.4. The summed E-state index contributed by atoms with van der Waals surface area (Å²) in [5.41, 5.74) is 7.37. The highest BCUT2D eigenvalue weighted by atomic mass is 16.5. The van der Waals surface area contributed by atoms with E-state index in [0.717, 1.165) is 17.9 Å². The van der Waals surface area contributed by atoms with Gasteiger partial charge in [0.1, 0.15) is 5.75 Å². The summed E-state index contributed by atoms with van der Waals surface area (Å²) in [7, 11) is 0. The molecule has 18 heavy (non-hydrogen) atoms. The third-order valence-electron chi connectivity index (χ3n) is 2.59. The van der Waals surface area contributed by atoms with E-state index in [4.69, 9.17) is 10.5 Å². The lowest BCUT2D eigenvalue weighted by Gasteiger charge is -2.20. The molecule has 0 saturated carbocycles. The van der Waals surface area contributed by atoms with E-state index in [-0.39, 0.29) is 12.6 Å². The molecule has 0 heterocycles. The number of hydrogen-bond donors (Lipinski definition) is 3. The van der Waals surface area contributed by atoms with Gasteiger partial charge in [-0.1, -0.05) is 13.8 Å². The Hall–Kier alpha value is -1.42. The van der Waals surface area contributed by atoms with Crippen LogP contribution < -0.4 is 15.8 Å². The maximum Gasteiger partial charge on any atom is 0.123 e. The van der Waals surface area contributed by atoms with E-state index in [0.29, 0.717) is 18.2 Å². The number of ether oxygens (including phenoxy) is 1. The summed E-state index contributed by atoms with van der Waals surface area (Å²) in [5, 5.41) is 12.6. The van der Waals surface area contributed by atoms with Gasteiger partial charge < -0.3 is 20.9 Å². The standard InChI is InChI=1S/C14H24N2O2/c1-4-18-14-7-11(15)6-12(8-14)16-13(9-17)5-10(2)3/h6-8,10,13,16-17H,4-5,9,15H2,1-3H3. The first-order valence-corrected chi connectivity index (χ1v) is 6.45. The number of hydrogen-bond acceptors (Lipinski definition) is 4. The van der Waals surface area contributed by atoms with E-state index < -0.39 is 0 Å². The summed E-state index contributed by atoms with van der Waals surface area (Å²) >= 11 is 0. The number of rotatable bonds is 7. The molecule has 1 aromatic carbocycles. The van der Waals surface area contributed by atoms with Crippen LogP contribution in [0.15, 0.2) is 18.2 Å². The van der Waals surface area contributed by atoms with Gasteiger partial charge >= 0.3 is 0 Å². The zero-order chi connectivity index (χ0) is 13.5. The average Bonchev–Trinajstić information content (AvgIpc) is 2.27. The van der Waals surface area contributed by atoms with Gasteiger partial charge in [-0.05, 0) is 25.3 Å². The lowest BCUT2D eigenvalue weighted by atomic mass is 10.0. The Kier molecular flexibility index (Phi) is 5.78. The van der Waals surface area contributed by atoms with Crippen LogP contribution in [0.5, 0.6) is 5.75 Å². The van der Waals surface area contributed by atoms with Gasteiger partial charge in [0.05, 0.1) is 13.2 Å². The van der Waals surface area contributed by atoms with Crippen molar-refractivity contribution in [2.75, 3.05) is 24.3 Å². The number of nitrogen functional groups attached to an aromatic ring is 1. The van der Waals surface area contributed by atoms with Crippen molar-refractivity contribution in [2.24, 2.45) is 5.92 Å². The largest absolute Gasteiger partial charge is 0.494 e. The number of aliphatic hydroxyl groups excluding tert-OH is 1. The predicted molar refractivity (Wildman–Crippen MR) is 76.0 cm³/mol. The molecule has 0 fully saturated rings. The number of anilines is 2. The summed E-state index contributed by atoms with van der Waals surface area (Å²) < 4.78 is 5.44. The van der Waals surface area contributed by atoms with E-state index in [1.807, 2.05) is 19.1 Å². The number of nitrogens with two attached hydrogens (primary N) is 1. The Bertz CT molecular complexity index is 367. The van der Waals surface area contributed by atoms with Gasteiger partial charge in [0, 0.05) is 29.5 Å². The lowest BCUT2D eigenvalue weighted by Crippen LogP contribution is -2.25. The first-order valence-electron chi connectivity index (χ1n) is 6.45. The van der Waals surface area contributed by atoms with Gasteiger partial charge in [-0.15, -0.1) is 0 Å². The van der Waals surface area contributed by atoms with E-state index in [1.54, 1.807) is 6.07 Å². The summed E-state index contributed by atoms with van der Waals surface area (Å²) in [6.07, 6.45) is 0.912. The fourth-order valence-electron chi connectivity index (χ4n) is 1.94. The molecule has 0 aliphatic rings. The van der Waals surface area contributed by atoms with Gasteiger partial charge in [-0.2, -0.15) is 0 Å². The van der Waals surface area contributed by atoms with Crippen LogP contribution in [-0.4, -0.2) is 24.4 Å². The highest BCUT2D eigenvalue weighted by molar-refractivity contribution is 5.59. The first-order chi connectivity index (χ1) is 8.55. The zero-order valence-electron chi connectivity index (χ0n) is 11.4. The van der Waals surface area contributed by atoms with Crippen molar-refractivity contribution < 1.29 is 9.84 Å². The topological polar surface area (TPSA) is 67.5 Å². The van der Waals surface area contributed by atoms with Gasteiger partial charge in [-0.25, -0.2) is 0 Å². The number of benzene rings is 1. The molecule has 4 N–H and O–H groups in total. The Morgan fingerprint density at radius 1 is 1.33 bits per heavy atom. The second-order valence-corrected chi connectivity index (χ2v) is 4.88. The smallest absolute Gasteiger partial charge is 0.123 e. The molecular weight excluding hydrogens is 228 g/mol. The third kappa shape index (κ3) is 4.84. The van der Waals surface area contributed by atoms with Crippen LogP contribution in [0.2, 0.25) is 0 Å². The second-order valence-electron chi connectivity index (χ2n) is 4.88. The summed E-state index contributed by atoms with van der Waals surface area (Å²) in [6.45, 7) is 6.92. The van der Waals surface area contributed by atoms with Crippen molar-refractivity contribution in [3.63, 3.8) is 0 Å². The molecule has 1 unspecified atom stereocenters. The molecule has 0 spiro atoms. The van der Waals surface area contributed by atoms with Crippen LogP contribution in [0.4, 0.5) is 11.4 Å². The molecule has 1 atom stereocenters. The molecule has 4 heteroatoms. The Morgan fingerprint density at radius 2 is 2.06 bits per heavy atom. The molecule has 0 bridgehead atoms. The van der Waals surface area contributed by atoms with Crippen molar-refractivity contribution in [1.82, 2.24) is 0 Å². The molecule has 0 saturated heterocycles. The van der Waals surface area contributed by atoms with Crippen molar-refractivity contribution in [1.29, 1.82) is 0 Å². The number of aliphatic hydroxyl groups is 1. The van der Waals surface area contributed by atoms with E-state index in [1.165, 1.54) is 0 Å². The molecule has 0 aliphatic carbocycles.